The van der Waals surface area contributed by atoms with Gasteiger partial charge in [0.1, 0.15) is 5.70 Å². The third kappa shape index (κ3) is 3.95. The predicted octanol–water partition coefficient (Wildman–Crippen LogP) is 1.82. The zero-order valence-corrected chi connectivity index (χ0v) is 15.4. The molecular weight excluding hydrogens is 338 g/mol. The van der Waals surface area contributed by atoms with Gasteiger partial charge < -0.3 is 5.73 Å². The topological polar surface area (TPSA) is 93.6 Å². The lowest BCUT2D eigenvalue weighted by atomic mass is 9.94. The SMILES string of the molecule is Cc1nn(C)cc1/C=C1/N=C(SCC(N)=O)N(C2CCCCC2)C1=O. The molecule has 2 aliphatic rings. The van der Waals surface area contributed by atoms with Crippen molar-refractivity contribution >= 4 is 34.8 Å². The summed E-state index contributed by atoms with van der Waals surface area (Å²) in [7, 11) is 1.84. The third-order valence-electron chi connectivity index (χ3n) is 4.49. The number of thioether (sulfide) groups is 1. The Morgan fingerprint density at radius 3 is 2.72 bits per heavy atom. The van der Waals surface area contributed by atoms with Crippen molar-refractivity contribution in [2.45, 2.75) is 45.1 Å². The largest absolute Gasteiger partial charge is 0.369 e. The van der Waals surface area contributed by atoms with Crippen LogP contribution in [-0.4, -0.2) is 43.5 Å². The fraction of sp³-hybridized carbons (Fsp3) is 0.529. The number of hydrogen-bond acceptors (Lipinski definition) is 5. The molecule has 0 aromatic carbocycles. The number of nitrogens with two attached hydrogens (primary N) is 1. The van der Waals surface area contributed by atoms with Gasteiger partial charge in [-0.25, -0.2) is 4.99 Å². The Morgan fingerprint density at radius 2 is 2.12 bits per heavy atom. The lowest BCUT2D eigenvalue weighted by molar-refractivity contribution is -0.124. The lowest BCUT2D eigenvalue weighted by Gasteiger charge is -2.31. The Hall–Kier alpha value is -2.09. The molecule has 1 aliphatic carbocycles. The highest BCUT2D eigenvalue weighted by Crippen LogP contribution is 2.31. The first-order valence-corrected chi connectivity index (χ1v) is 9.49. The Morgan fingerprint density at radius 1 is 1.40 bits per heavy atom. The van der Waals surface area contributed by atoms with Crippen molar-refractivity contribution in [2.75, 3.05) is 5.75 Å². The second-order valence-electron chi connectivity index (χ2n) is 6.49. The van der Waals surface area contributed by atoms with Crippen molar-refractivity contribution in [3.05, 3.63) is 23.2 Å². The van der Waals surface area contributed by atoms with Crippen LogP contribution >= 0.6 is 11.8 Å². The highest BCUT2D eigenvalue weighted by atomic mass is 32.2. The molecule has 2 N–H and O–H groups in total. The smallest absolute Gasteiger partial charge is 0.278 e. The summed E-state index contributed by atoms with van der Waals surface area (Å²) in [6.45, 7) is 1.90. The number of amidine groups is 1. The fourth-order valence-corrected chi connectivity index (χ4v) is 4.12. The van der Waals surface area contributed by atoms with Crippen LogP contribution in [0.2, 0.25) is 0 Å². The summed E-state index contributed by atoms with van der Waals surface area (Å²) in [5.74, 6) is -0.388. The Labute approximate surface area is 151 Å². The highest BCUT2D eigenvalue weighted by Gasteiger charge is 2.36. The average molecular weight is 361 g/mol. The molecule has 1 aliphatic heterocycles. The van der Waals surface area contributed by atoms with E-state index in [4.69, 9.17) is 5.73 Å². The van der Waals surface area contributed by atoms with Gasteiger partial charge in [0.15, 0.2) is 5.17 Å². The second-order valence-corrected chi connectivity index (χ2v) is 7.43. The van der Waals surface area contributed by atoms with E-state index in [0.29, 0.717) is 10.9 Å². The first-order chi connectivity index (χ1) is 12.0. The Balaban J connectivity index is 1.89. The minimum Gasteiger partial charge on any atom is -0.369 e. The van der Waals surface area contributed by atoms with E-state index in [0.717, 1.165) is 36.9 Å². The zero-order valence-electron chi connectivity index (χ0n) is 14.6. The highest BCUT2D eigenvalue weighted by molar-refractivity contribution is 8.14. The van der Waals surface area contributed by atoms with Gasteiger partial charge in [0.2, 0.25) is 5.91 Å². The van der Waals surface area contributed by atoms with Crippen molar-refractivity contribution in [1.29, 1.82) is 0 Å². The van der Waals surface area contributed by atoms with Gasteiger partial charge in [-0.2, -0.15) is 5.10 Å². The maximum Gasteiger partial charge on any atom is 0.278 e. The zero-order chi connectivity index (χ0) is 18.0. The number of aromatic nitrogens is 2. The van der Waals surface area contributed by atoms with Crippen LogP contribution in [0.3, 0.4) is 0 Å². The maximum absolute atomic E-state index is 13.0. The molecule has 25 heavy (non-hydrogen) atoms. The van der Waals surface area contributed by atoms with Crippen LogP contribution in [-0.2, 0) is 16.6 Å². The minimum absolute atomic E-state index is 0.0953. The molecule has 0 saturated heterocycles. The van der Waals surface area contributed by atoms with Gasteiger partial charge >= 0.3 is 0 Å². The summed E-state index contributed by atoms with van der Waals surface area (Å²) < 4.78 is 1.71. The van der Waals surface area contributed by atoms with E-state index in [1.165, 1.54) is 18.2 Å². The Kier molecular flexibility index (Phi) is 5.27. The molecule has 0 radical (unpaired) electrons. The summed E-state index contributed by atoms with van der Waals surface area (Å²) in [5.41, 5.74) is 7.39. The van der Waals surface area contributed by atoms with Gasteiger partial charge in [-0.1, -0.05) is 31.0 Å². The fourth-order valence-electron chi connectivity index (χ4n) is 3.31. The first-order valence-electron chi connectivity index (χ1n) is 8.51. The van der Waals surface area contributed by atoms with E-state index >= 15 is 0 Å². The van der Waals surface area contributed by atoms with E-state index in [-0.39, 0.29) is 17.7 Å². The van der Waals surface area contributed by atoms with Crippen molar-refractivity contribution in [3.8, 4) is 0 Å². The molecule has 1 fully saturated rings. The molecular formula is C17H23N5O2S. The summed E-state index contributed by atoms with van der Waals surface area (Å²) in [6, 6.07) is 0.154. The number of hydrogen-bond donors (Lipinski definition) is 1. The summed E-state index contributed by atoms with van der Waals surface area (Å²) in [4.78, 5) is 30.4. The van der Waals surface area contributed by atoms with Crippen LogP contribution in [0.5, 0.6) is 0 Å². The van der Waals surface area contributed by atoms with E-state index in [1.54, 1.807) is 15.7 Å². The van der Waals surface area contributed by atoms with E-state index in [2.05, 4.69) is 10.1 Å². The van der Waals surface area contributed by atoms with Crippen molar-refractivity contribution < 1.29 is 9.59 Å². The van der Waals surface area contributed by atoms with Crippen LogP contribution in [0.15, 0.2) is 16.9 Å². The number of primary amides is 1. The molecule has 8 heteroatoms. The normalized spacial score (nSPS) is 20.4. The monoisotopic (exact) mass is 361 g/mol. The van der Waals surface area contributed by atoms with Crippen molar-refractivity contribution in [2.24, 2.45) is 17.8 Å². The van der Waals surface area contributed by atoms with Gasteiger partial charge in [-0.3, -0.25) is 19.2 Å². The number of carbonyl (C=O) groups is 2. The van der Waals surface area contributed by atoms with Gasteiger partial charge in [-0.15, -0.1) is 0 Å². The van der Waals surface area contributed by atoms with Crippen LogP contribution < -0.4 is 5.73 Å². The molecule has 0 bridgehead atoms. The molecule has 2 heterocycles. The molecule has 1 saturated carbocycles. The molecule has 0 unspecified atom stereocenters. The second kappa shape index (κ2) is 7.43. The van der Waals surface area contributed by atoms with Gasteiger partial charge in [0.25, 0.3) is 5.91 Å². The molecule has 3 rings (SSSR count). The first kappa shape index (κ1) is 17.7. The summed E-state index contributed by atoms with van der Waals surface area (Å²) in [5, 5.41) is 4.88. The van der Waals surface area contributed by atoms with Crippen LogP contribution in [0.4, 0.5) is 0 Å². The molecule has 134 valence electrons. The Bertz CT molecular complexity index is 746. The lowest BCUT2D eigenvalue weighted by Crippen LogP contribution is -2.41. The predicted molar refractivity (Wildman–Crippen MR) is 98.7 cm³/mol. The van der Waals surface area contributed by atoms with E-state index < -0.39 is 5.91 Å². The van der Waals surface area contributed by atoms with E-state index in [1.807, 2.05) is 20.2 Å². The standard InChI is InChI=1S/C17H23N5O2S/c1-11-12(9-21(2)20-11)8-14-16(24)22(13-6-4-3-5-7-13)17(19-14)25-10-15(18)23/h8-9,13H,3-7,10H2,1-2H3,(H2,18,23)/b14-8+. The average Bonchev–Trinajstić information content (AvgIpc) is 3.06. The number of aryl methyl sites for hydroxylation is 2. The van der Waals surface area contributed by atoms with Crippen molar-refractivity contribution in [3.63, 3.8) is 0 Å². The molecule has 0 atom stereocenters. The number of nitrogens with zero attached hydrogens (tertiary/aromatic N) is 4. The third-order valence-corrected chi connectivity index (χ3v) is 5.46. The van der Waals surface area contributed by atoms with Crippen LogP contribution in [0, 0.1) is 6.92 Å². The summed E-state index contributed by atoms with van der Waals surface area (Å²) >= 11 is 1.24. The van der Waals surface area contributed by atoms with Gasteiger partial charge in [-0.05, 0) is 25.8 Å². The van der Waals surface area contributed by atoms with Gasteiger partial charge in [0, 0.05) is 24.8 Å². The van der Waals surface area contributed by atoms with Crippen LogP contribution in [0.1, 0.15) is 43.4 Å². The van der Waals surface area contributed by atoms with E-state index in [9.17, 15) is 9.59 Å². The van der Waals surface area contributed by atoms with Crippen LogP contribution in [0.25, 0.3) is 6.08 Å². The molecule has 0 spiro atoms. The molecule has 1 aromatic heterocycles. The molecule has 2 amide bonds. The van der Waals surface area contributed by atoms with Crippen molar-refractivity contribution in [1.82, 2.24) is 14.7 Å². The number of carbonyl (C=O) groups excluding carboxylic acids is 2. The minimum atomic E-state index is -0.413. The maximum atomic E-state index is 13.0. The quantitative estimate of drug-likeness (QED) is 0.828. The molecule has 1 aromatic rings. The number of aliphatic imine (C=N–C) groups is 1. The number of rotatable bonds is 4. The molecule has 7 nitrogen and oxygen atoms in total. The summed E-state index contributed by atoms with van der Waals surface area (Å²) in [6.07, 6.45) is 9.02. The van der Waals surface area contributed by atoms with Gasteiger partial charge in [0.05, 0.1) is 11.4 Å². The number of amides is 2.